The van der Waals surface area contributed by atoms with Crippen LogP contribution >= 0.6 is 15.9 Å². The highest BCUT2D eigenvalue weighted by atomic mass is 79.9. The van der Waals surface area contributed by atoms with E-state index in [9.17, 15) is 4.79 Å². The van der Waals surface area contributed by atoms with Crippen molar-refractivity contribution in [1.29, 1.82) is 0 Å². The second-order valence-electron chi connectivity index (χ2n) is 4.89. The van der Waals surface area contributed by atoms with E-state index < -0.39 is 5.41 Å². The normalized spacial score (nSPS) is 27.3. The summed E-state index contributed by atoms with van der Waals surface area (Å²) in [5, 5.41) is 0. The SMILES string of the molecule is COC(=O)C1(C)CN(c2ncc(Br)cn2)CC1C. The average Bonchev–Trinajstić information content (AvgIpc) is 2.67. The van der Waals surface area contributed by atoms with E-state index in [1.54, 1.807) is 12.4 Å². The molecule has 1 fully saturated rings. The molecule has 6 heteroatoms. The lowest BCUT2D eigenvalue weighted by Crippen LogP contribution is -2.36. The first kappa shape index (κ1) is 13.3. The van der Waals surface area contributed by atoms with Crippen LogP contribution in [0, 0.1) is 11.3 Å². The number of halogens is 1. The molecule has 0 N–H and O–H groups in total. The summed E-state index contributed by atoms with van der Waals surface area (Å²) in [6, 6.07) is 0. The van der Waals surface area contributed by atoms with Gasteiger partial charge in [0.2, 0.25) is 5.95 Å². The number of hydrogen-bond acceptors (Lipinski definition) is 5. The van der Waals surface area contributed by atoms with E-state index in [4.69, 9.17) is 4.74 Å². The molecule has 0 saturated carbocycles. The Labute approximate surface area is 115 Å². The molecule has 2 atom stereocenters. The Hall–Kier alpha value is -1.17. The van der Waals surface area contributed by atoms with Crippen molar-refractivity contribution in [3.8, 4) is 0 Å². The number of nitrogens with zero attached hydrogens (tertiary/aromatic N) is 3. The summed E-state index contributed by atoms with van der Waals surface area (Å²) < 4.78 is 5.74. The zero-order valence-corrected chi connectivity index (χ0v) is 12.3. The first-order valence-corrected chi connectivity index (χ1v) is 6.57. The molecule has 0 bridgehead atoms. The summed E-state index contributed by atoms with van der Waals surface area (Å²) in [6.07, 6.45) is 3.42. The van der Waals surface area contributed by atoms with Crippen molar-refractivity contribution >= 4 is 27.8 Å². The van der Waals surface area contributed by atoms with Gasteiger partial charge in [0.25, 0.3) is 0 Å². The van der Waals surface area contributed by atoms with Gasteiger partial charge in [-0.1, -0.05) is 6.92 Å². The molecule has 1 aromatic heterocycles. The van der Waals surface area contributed by atoms with Gasteiger partial charge in [-0.05, 0) is 28.8 Å². The van der Waals surface area contributed by atoms with Crippen molar-refractivity contribution in [2.24, 2.45) is 11.3 Å². The lowest BCUT2D eigenvalue weighted by Gasteiger charge is -2.24. The summed E-state index contributed by atoms with van der Waals surface area (Å²) in [5.74, 6) is 0.685. The van der Waals surface area contributed by atoms with E-state index in [1.807, 2.05) is 11.8 Å². The number of carbonyl (C=O) groups excluding carboxylic acids is 1. The zero-order chi connectivity index (χ0) is 13.3. The summed E-state index contributed by atoms with van der Waals surface area (Å²) >= 11 is 3.31. The Kier molecular flexibility index (Phi) is 3.56. The quantitative estimate of drug-likeness (QED) is 0.780. The molecular weight excluding hydrogens is 298 g/mol. The summed E-state index contributed by atoms with van der Waals surface area (Å²) in [7, 11) is 1.43. The van der Waals surface area contributed by atoms with Crippen LogP contribution in [0.15, 0.2) is 16.9 Å². The average molecular weight is 314 g/mol. The lowest BCUT2D eigenvalue weighted by atomic mass is 9.81. The van der Waals surface area contributed by atoms with Crippen LogP contribution < -0.4 is 4.90 Å². The number of aromatic nitrogens is 2. The van der Waals surface area contributed by atoms with Gasteiger partial charge in [0.15, 0.2) is 0 Å². The Bertz CT molecular complexity index is 451. The van der Waals surface area contributed by atoms with Crippen LogP contribution in [-0.4, -0.2) is 36.1 Å². The molecule has 2 unspecified atom stereocenters. The van der Waals surface area contributed by atoms with Crippen molar-refractivity contribution in [1.82, 2.24) is 9.97 Å². The van der Waals surface area contributed by atoms with E-state index in [0.29, 0.717) is 12.5 Å². The summed E-state index contributed by atoms with van der Waals surface area (Å²) in [5.41, 5.74) is -0.495. The molecule has 2 heterocycles. The predicted octanol–water partition coefficient (Wildman–Crippen LogP) is 1.87. The number of hydrogen-bond donors (Lipinski definition) is 0. The Morgan fingerprint density at radius 2 is 2.17 bits per heavy atom. The third-order valence-electron chi connectivity index (χ3n) is 3.64. The molecule has 0 spiro atoms. The number of esters is 1. The fourth-order valence-corrected chi connectivity index (χ4v) is 2.47. The number of carbonyl (C=O) groups is 1. The number of methoxy groups -OCH3 is 1. The molecule has 18 heavy (non-hydrogen) atoms. The minimum atomic E-state index is -0.495. The van der Waals surface area contributed by atoms with Crippen molar-refractivity contribution < 1.29 is 9.53 Å². The third kappa shape index (κ3) is 2.21. The molecule has 1 saturated heterocycles. The van der Waals surface area contributed by atoms with Crippen LogP contribution in [-0.2, 0) is 9.53 Å². The molecule has 1 aromatic rings. The van der Waals surface area contributed by atoms with Gasteiger partial charge in [-0.2, -0.15) is 0 Å². The fraction of sp³-hybridized carbons (Fsp3) is 0.583. The minimum Gasteiger partial charge on any atom is -0.469 e. The highest BCUT2D eigenvalue weighted by Gasteiger charge is 2.47. The first-order valence-electron chi connectivity index (χ1n) is 5.78. The van der Waals surface area contributed by atoms with E-state index in [-0.39, 0.29) is 11.9 Å². The maximum atomic E-state index is 11.9. The monoisotopic (exact) mass is 313 g/mol. The molecule has 0 aromatic carbocycles. The highest BCUT2D eigenvalue weighted by molar-refractivity contribution is 9.10. The van der Waals surface area contributed by atoms with Gasteiger partial charge < -0.3 is 9.64 Å². The van der Waals surface area contributed by atoms with Crippen LogP contribution in [0.2, 0.25) is 0 Å². The van der Waals surface area contributed by atoms with Crippen LogP contribution in [0.1, 0.15) is 13.8 Å². The van der Waals surface area contributed by atoms with Gasteiger partial charge in [0, 0.05) is 25.5 Å². The molecule has 0 aliphatic carbocycles. The largest absolute Gasteiger partial charge is 0.469 e. The van der Waals surface area contributed by atoms with Gasteiger partial charge in [0.05, 0.1) is 17.0 Å². The van der Waals surface area contributed by atoms with Crippen molar-refractivity contribution in [2.75, 3.05) is 25.1 Å². The van der Waals surface area contributed by atoms with Gasteiger partial charge in [-0.15, -0.1) is 0 Å². The van der Waals surface area contributed by atoms with E-state index in [1.165, 1.54) is 7.11 Å². The molecule has 98 valence electrons. The number of anilines is 1. The molecule has 0 amide bonds. The summed E-state index contributed by atoms with van der Waals surface area (Å²) in [6.45, 7) is 5.33. The minimum absolute atomic E-state index is 0.172. The van der Waals surface area contributed by atoms with E-state index >= 15 is 0 Å². The molecule has 0 radical (unpaired) electrons. The zero-order valence-electron chi connectivity index (χ0n) is 10.7. The third-order valence-corrected chi connectivity index (χ3v) is 4.05. The predicted molar refractivity (Wildman–Crippen MR) is 71.2 cm³/mol. The molecule has 2 rings (SSSR count). The molecule has 1 aliphatic heterocycles. The molecular formula is C12H16BrN3O2. The van der Waals surface area contributed by atoms with Crippen LogP contribution in [0.5, 0.6) is 0 Å². The number of rotatable bonds is 2. The number of ether oxygens (including phenoxy) is 1. The van der Waals surface area contributed by atoms with E-state index in [2.05, 4.69) is 32.8 Å². The lowest BCUT2D eigenvalue weighted by molar-refractivity contribution is -0.152. The topological polar surface area (TPSA) is 55.3 Å². The van der Waals surface area contributed by atoms with Crippen molar-refractivity contribution in [3.05, 3.63) is 16.9 Å². The van der Waals surface area contributed by atoms with Gasteiger partial charge in [-0.3, -0.25) is 4.79 Å². The summed E-state index contributed by atoms with van der Waals surface area (Å²) in [4.78, 5) is 22.4. The molecule has 5 nitrogen and oxygen atoms in total. The van der Waals surface area contributed by atoms with E-state index in [0.717, 1.165) is 11.0 Å². The first-order chi connectivity index (χ1) is 8.47. The highest BCUT2D eigenvalue weighted by Crippen LogP contribution is 2.37. The van der Waals surface area contributed by atoms with Gasteiger partial charge in [-0.25, -0.2) is 9.97 Å². The van der Waals surface area contributed by atoms with Crippen LogP contribution in [0.25, 0.3) is 0 Å². The van der Waals surface area contributed by atoms with Crippen LogP contribution in [0.4, 0.5) is 5.95 Å². The molecule has 1 aliphatic rings. The second kappa shape index (κ2) is 4.84. The van der Waals surface area contributed by atoms with Gasteiger partial charge in [0.1, 0.15) is 0 Å². The fourth-order valence-electron chi connectivity index (χ4n) is 2.27. The maximum Gasteiger partial charge on any atom is 0.313 e. The maximum absolute atomic E-state index is 11.9. The Morgan fingerprint density at radius 1 is 1.56 bits per heavy atom. The standard InChI is InChI=1S/C12H16BrN3O2/c1-8-6-16(7-12(8,2)10(17)18-3)11-14-4-9(13)5-15-11/h4-5,8H,6-7H2,1-3H3. The van der Waals surface area contributed by atoms with Crippen molar-refractivity contribution in [2.45, 2.75) is 13.8 Å². The Balaban J connectivity index is 2.20. The van der Waals surface area contributed by atoms with Crippen LogP contribution in [0.3, 0.4) is 0 Å². The second-order valence-corrected chi connectivity index (χ2v) is 5.81. The van der Waals surface area contributed by atoms with Crippen molar-refractivity contribution in [3.63, 3.8) is 0 Å². The Morgan fingerprint density at radius 3 is 2.72 bits per heavy atom. The smallest absolute Gasteiger partial charge is 0.313 e. The van der Waals surface area contributed by atoms with Gasteiger partial charge >= 0.3 is 5.97 Å².